The Hall–Kier alpha value is -1.91. The van der Waals surface area contributed by atoms with Crippen molar-refractivity contribution in [2.45, 2.75) is 40.3 Å². The van der Waals surface area contributed by atoms with Crippen molar-refractivity contribution in [3.63, 3.8) is 0 Å². The molecule has 0 saturated carbocycles. The topological polar surface area (TPSA) is 71.1 Å². The average molecular weight is 263 g/mol. The van der Waals surface area contributed by atoms with Crippen LogP contribution in [0.2, 0.25) is 0 Å². The fourth-order valence-corrected chi connectivity index (χ4v) is 1.32. The van der Waals surface area contributed by atoms with Crippen molar-refractivity contribution < 1.29 is 9.59 Å². The van der Waals surface area contributed by atoms with E-state index < -0.39 is 11.5 Å². The molecule has 0 aliphatic carbocycles. The maximum atomic E-state index is 11.8. The van der Waals surface area contributed by atoms with E-state index in [1.165, 1.54) is 0 Å². The Kier molecular flexibility index (Phi) is 5.03. The maximum absolute atomic E-state index is 11.8. The molecule has 5 nitrogen and oxygen atoms in total. The SMILES string of the molecule is CC(NC(=O)C(C)(C)C)C(=O)NCc1cccnc1. The summed E-state index contributed by atoms with van der Waals surface area (Å²) >= 11 is 0. The number of amides is 2. The molecule has 0 aromatic carbocycles. The van der Waals surface area contributed by atoms with Gasteiger partial charge in [-0.15, -0.1) is 0 Å². The monoisotopic (exact) mass is 263 g/mol. The molecule has 0 aliphatic heterocycles. The Balaban J connectivity index is 2.43. The van der Waals surface area contributed by atoms with Crippen LogP contribution in [0.4, 0.5) is 0 Å². The lowest BCUT2D eigenvalue weighted by Crippen LogP contribution is -2.48. The van der Waals surface area contributed by atoms with Crippen molar-refractivity contribution in [3.8, 4) is 0 Å². The van der Waals surface area contributed by atoms with Crippen molar-refractivity contribution in [1.29, 1.82) is 0 Å². The van der Waals surface area contributed by atoms with Crippen LogP contribution in [-0.4, -0.2) is 22.8 Å². The molecule has 104 valence electrons. The van der Waals surface area contributed by atoms with Crippen molar-refractivity contribution in [3.05, 3.63) is 30.1 Å². The molecule has 1 heterocycles. The van der Waals surface area contributed by atoms with Gasteiger partial charge >= 0.3 is 0 Å². The maximum Gasteiger partial charge on any atom is 0.242 e. The Morgan fingerprint density at radius 2 is 2.05 bits per heavy atom. The number of nitrogens with one attached hydrogen (secondary N) is 2. The lowest BCUT2D eigenvalue weighted by Gasteiger charge is -2.21. The van der Waals surface area contributed by atoms with Crippen LogP contribution in [0.3, 0.4) is 0 Å². The largest absolute Gasteiger partial charge is 0.350 e. The Morgan fingerprint density at radius 1 is 1.37 bits per heavy atom. The molecule has 2 amide bonds. The molecule has 0 bridgehead atoms. The van der Waals surface area contributed by atoms with Crippen LogP contribution in [0.25, 0.3) is 0 Å². The van der Waals surface area contributed by atoms with Gasteiger partial charge in [0.05, 0.1) is 0 Å². The number of nitrogens with zero attached hydrogens (tertiary/aromatic N) is 1. The van der Waals surface area contributed by atoms with Gasteiger partial charge in [-0.2, -0.15) is 0 Å². The molecule has 2 N–H and O–H groups in total. The van der Waals surface area contributed by atoms with Crippen molar-refractivity contribution in [2.75, 3.05) is 0 Å². The molecule has 0 fully saturated rings. The van der Waals surface area contributed by atoms with Gasteiger partial charge < -0.3 is 10.6 Å². The second-order valence-electron chi connectivity index (χ2n) is 5.52. The quantitative estimate of drug-likeness (QED) is 0.858. The summed E-state index contributed by atoms with van der Waals surface area (Å²) in [6.07, 6.45) is 3.37. The van der Waals surface area contributed by atoms with E-state index in [2.05, 4.69) is 15.6 Å². The minimum absolute atomic E-state index is 0.142. The number of pyridine rings is 1. The first-order valence-corrected chi connectivity index (χ1v) is 6.28. The summed E-state index contributed by atoms with van der Waals surface area (Å²) in [6.45, 7) is 7.50. The van der Waals surface area contributed by atoms with Gasteiger partial charge in [-0.1, -0.05) is 26.8 Å². The average Bonchev–Trinajstić information content (AvgIpc) is 2.35. The van der Waals surface area contributed by atoms with Crippen LogP contribution >= 0.6 is 0 Å². The highest BCUT2D eigenvalue weighted by Gasteiger charge is 2.24. The molecular formula is C14H21N3O2. The molecule has 0 radical (unpaired) electrons. The summed E-state index contributed by atoms with van der Waals surface area (Å²) in [5.74, 6) is -0.349. The number of rotatable bonds is 4. The van der Waals surface area contributed by atoms with E-state index in [0.29, 0.717) is 6.54 Å². The summed E-state index contributed by atoms with van der Waals surface area (Å²) in [6, 6.07) is 3.14. The van der Waals surface area contributed by atoms with Gasteiger partial charge in [0.2, 0.25) is 11.8 Å². The van der Waals surface area contributed by atoms with E-state index >= 15 is 0 Å². The Morgan fingerprint density at radius 3 is 2.58 bits per heavy atom. The highest BCUT2D eigenvalue weighted by molar-refractivity contribution is 5.89. The molecule has 1 aromatic rings. The standard InChI is InChI=1S/C14H21N3O2/c1-10(17-13(19)14(2,3)4)12(18)16-9-11-6-5-7-15-8-11/h5-8,10H,9H2,1-4H3,(H,16,18)(H,17,19). The summed E-state index contributed by atoms with van der Waals surface area (Å²) in [4.78, 5) is 27.6. The highest BCUT2D eigenvalue weighted by atomic mass is 16.2. The normalized spacial score (nSPS) is 12.6. The highest BCUT2D eigenvalue weighted by Crippen LogP contribution is 2.12. The third-order valence-corrected chi connectivity index (χ3v) is 2.61. The van der Waals surface area contributed by atoms with Gasteiger partial charge in [-0.3, -0.25) is 14.6 Å². The zero-order chi connectivity index (χ0) is 14.5. The lowest BCUT2D eigenvalue weighted by atomic mass is 9.95. The molecule has 0 aliphatic rings. The van der Waals surface area contributed by atoms with Gasteiger partial charge in [0.15, 0.2) is 0 Å². The van der Waals surface area contributed by atoms with E-state index in [1.807, 2.05) is 32.9 Å². The van der Waals surface area contributed by atoms with Crippen LogP contribution in [0.1, 0.15) is 33.3 Å². The number of hydrogen-bond donors (Lipinski definition) is 2. The molecule has 0 spiro atoms. The number of carbonyl (C=O) groups is 2. The number of hydrogen-bond acceptors (Lipinski definition) is 3. The summed E-state index contributed by atoms with van der Waals surface area (Å²) in [7, 11) is 0. The smallest absolute Gasteiger partial charge is 0.242 e. The minimum Gasteiger partial charge on any atom is -0.350 e. The van der Waals surface area contributed by atoms with Crippen molar-refractivity contribution in [1.82, 2.24) is 15.6 Å². The Labute approximate surface area is 113 Å². The minimum atomic E-state index is -0.552. The molecule has 1 atom stereocenters. The molecular weight excluding hydrogens is 242 g/mol. The van der Waals surface area contributed by atoms with Crippen molar-refractivity contribution >= 4 is 11.8 Å². The zero-order valence-electron chi connectivity index (χ0n) is 11.9. The molecule has 5 heteroatoms. The second kappa shape index (κ2) is 6.31. The van der Waals surface area contributed by atoms with Crippen LogP contribution in [0, 0.1) is 5.41 Å². The van der Waals surface area contributed by atoms with E-state index in [1.54, 1.807) is 19.3 Å². The Bertz CT molecular complexity index is 438. The van der Waals surface area contributed by atoms with Crippen molar-refractivity contribution in [2.24, 2.45) is 5.41 Å². The first-order valence-electron chi connectivity index (χ1n) is 6.28. The van der Waals surface area contributed by atoms with Crippen LogP contribution < -0.4 is 10.6 Å². The summed E-state index contributed by atoms with van der Waals surface area (Å²) in [5.41, 5.74) is 0.419. The van der Waals surface area contributed by atoms with Gasteiger partial charge in [0.1, 0.15) is 6.04 Å². The summed E-state index contributed by atoms with van der Waals surface area (Å²) in [5, 5.41) is 5.45. The fourth-order valence-electron chi connectivity index (χ4n) is 1.32. The van der Waals surface area contributed by atoms with Crippen LogP contribution in [0.5, 0.6) is 0 Å². The third-order valence-electron chi connectivity index (χ3n) is 2.61. The predicted molar refractivity (Wildman–Crippen MR) is 73.1 cm³/mol. The molecule has 1 unspecified atom stereocenters. The predicted octanol–water partition coefficient (Wildman–Crippen LogP) is 1.25. The van der Waals surface area contributed by atoms with E-state index in [-0.39, 0.29) is 11.8 Å². The van der Waals surface area contributed by atoms with E-state index in [9.17, 15) is 9.59 Å². The third kappa shape index (κ3) is 5.07. The van der Waals surface area contributed by atoms with E-state index in [4.69, 9.17) is 0 Å². The first-order chi connectivity index (χ1) is 8.80. The van der Waals surface area contributed by atoms with Gasteiger partial charge in [0.25, 0.3) is 0 Å². The zero-order valence-corrected chi connectivity index (χ0v) is 11.9. The second-order valence-corrected chi connectivity index (χ2v) is 5.52. The lowest BCUT2D eigenvalue weighted by molar-refractivity contribution is -0.133. The molecule has 1 rings (SSSR count). The fraction of sp³-hybridized carbons (Fsp3) is 0.500. The number of carbonyl (C=O) groups excluding carboxylic acids is 2. The van der Waals surface area contributed by atoms with Gasteiger partial charge in [0, 0.05) is 24.4 Å². The van der Waals surface area contributed by atoms with Gasteiger partial charge in [-0.05, 0) is 18.6 Å². The first kappa shape index (κ1) is 15.1. The van der Waals surface area contributed by atoms with E-state index in [0.717, 1.165) is 5.56 Å². The summed E-state index contributed by atoms with van der Waals surface area (Å²) < 4.78 is 0. The molecule has 19 heavy (non-hydrogen) atoms. The van der Waals surface area contributed by atoms with Crippen LogP contribution in [0.15, 0.2) is 24.5 Å². The van der Waals surface area contributed by atoms with Crippen LogP contribution in [-0.2, 0) is 16.1 Å². The van der Waals surface area contributed by atoms with Gasteiger partial charge in [-0.25, -0.2) is 0 Å². The molecule has 1 aromatic heterocycles. The number of aromatic nitrogens is 1. The molecule has 0 saturated heterocycles.